The SMILES string of the molecule is O=C(COc1ccc(I)cc1)Nc1ccc(C(=O)N2CCc3ccccc32)cc1. The van der Waals surface area contributed by atoms with Crippen LogP contribution in [0.2, 0.25) is 0 Å². The van der Waals surface area contributed by atoms with E-state index < -0.39 is 0 Å². The molecule has 0 saturated heterocycles. The van der Waals surface area contributed by atoms with Gasteiger partial charge in [-0.3, -0.25) is 9.59 Å². The first kappa shape index (κ1) is 19.4. The fourth-order valence-corrected chi connectivity index (χ4v) is 3.64. The Hall–Kier alpha value is -2.87. The molecule has 4 rings (SSSR count). The predicted octanol–water partition coefficient (Wildman–Crippen LogP) is 4.51. The van der Waals surface area contributed by atoms with Crippen LogP contribution in [-0.4, -0.2) is 25.0 Å². The molecule has 1 N–H and O–H groups in total. The molecule has 0 unspecified atom stereocenters. The average molecular weight is 498 g/mol. The lowest BCUT2D eigenvalue weighted by molar-refractivity contribution is -0.118. The summed E-state index contributed by atoms with van der Waals surface area (Å²) in [5.74, 6) is 0.360. The molecule has 0 spiro atoms. The first-order chi connectivity index (χ1) is 14.1. The second-order valence-corrected chi connectivity index (χ2v) is 7.95. The second-order valence-electron chi connectivity index (χ2n) is 6.70. The van der Waals surface area contributed by atoms with Crippen molar-refractivity contribution in [1.29, 1.82) is 0 Å². The maximum absolute atomic E-state index is 12.8. The molecule has 0 saturated carbocycles. The van der Waals surface area contributed by atoms with Crippen LogP contribution in [0.3, 0.4) is 0 Å². The number of halogens is 1. The van der Waals surface area contributed by atoms with E-state index in [1.807, 2.05) is 42.5 Å². The maximum Gasteiger partial charge on any atom is 0.262 e. The minimum atomic E-state index is -0.254. The van der Waals surface area contributed by atoms with E-state index in [4.69, 9.17) is 4.74 Å². The summed E-state index contributed by atoms with van der Waals surface area (Å²) in [6.07, 6.45) is 0.872. The van der Waals surface area contributed by atoms with Gasteiger partial charge in [0, 0.05) is 27.1 Å². The van der Waals surface area contributed by atoms with Gasteiger partial charge in [0.1, 0.15) is 5.75 Å². The van der Waals surface area contributed by atoms with Crippen molar-refractivity contribution in [2.24, 2.45) is 0 Å². The van der Waals surface area contributed by atoms with Gasteiger partial charge in [0.15, 0.2) is 6.61 Å². The Balaban J connectivity index is 1.35. The van der Waals surface area contributed by atoms with Crippen molar-refractivity contribution in [3.05, 3.63) is 87.5 Å². The van der Waals surface area contributed by atoms with Crippen molar-refractivity contribution in [2.75, 3.05) is 23.4 Å². The lowest BCUT2D eigenvalue weighted by Crippen LogP contribution is -2.28. The number of para-hydroxylation sites is 1. The standard InChI is InChI=1S/C23H19IN2O3/c24-18-7-11-20(12-8-18)29-15-22(27)25-19-9-5-17(6-10-19)23(28)26-14-13-16-3-1-2-4-21(16)26/h1-12H,13-15H2,(H,25,27). The third-order valence-electron chi connectivity index (χ3n) is 4.73. The van der Waals surface area contributed by atoms with E-state index in [-0.39, 0.29) is 18.4 Å². The molecule has 0 fully saturated rings. The number of benzene rings is 3. The fourth-order valence-electron chi connectivity index (χ4n) is 3.28. The minimum absolute atomic E-state index is 0.0325. The molecule has 2 amide bonds. The van der Waals surface area contributed by atoms with Gasteiger partial charge in [-0.15, -0.1) is 0 Å². The number of amides is 2. The molecular weight excluding hydrogens is 479 g/mol. The molecule has 0 atom stereocenters. The van der Waals surface area contributed by atoms with Crippen molar-refractivity contribution in [3.8, 4) is 5.75 Å². The van der Waals surface area contributed by atoms with Gasteiger partial charge in [-0.2, -0.15) is 0 Å². The van der Waals surface area contributed by atoms with E-state index in [0.717, 1.165) is 15.7 Å². The van der Waals surface area contributed by atoms with Gasteiger partial charge in [0.2, 0.25) is 0 Å². The summed E-state index contributed by atoms with van der Waals surface area (Å²) in [7, 11) is 0. The molecule has 1 aliphatic heterocycles. The highest BCUT2D eigenvalue weighted by atomic mass is 127. The summed E-state index contributed by atoms with van der Waals surface area (Å²) in [4.78, 5) is 26.8. The number of fused-ring (bicyclic) bond motifs is 1. The molecule has 3 aromatic carbocycles. The van der Waals surface area contributed by atoms with Crippen LogP contribution in [0.15, 0.2) is 72.8 Å². The maximum atomic E-state index is 12.8. The third kappa shape index (κ3) is 4.59. The Morgan fingerprint density at radius 1 is 0.966 bits per heavy atom. The van der Waals surface area contributed by atoms with Crippen LogP contribution >= 0.6 is 22.6 Å². The van der Waals surface area contributed by atoms with Crippen LogP contribution in [0.1, 0.15) is 15.9 Å². The molecule has 5 nitrogen and oxygen atoms in total. The van der Waals surface area contributed by atoms with Crippen molar-refractivity contribution in [2.45, 2.75) is 6.42 Å². The van der Waals surface area contributed by atoms with Crippen LogP contribution in [0.4, 0.5) is 11.4 Å². The zero-order valence-corrected chi connectivity index (χ0v) is 17.8. The van der Waals surface area contributed by atoms with Crippen LogP contribution in [-0.2, 0) is 11.2 Å². The summed E-state index contributed by atoms with van der Waals surface area (Å²) in [5, 5.41) is 2.78. The number of ether oxygens (including phenoxy) is 1. The number of nitrogens with one attached hydrogen (secondary N) is 1. The van der Waals surface area contributed by atoms with Crippen molar-refractivity contribution in [1.82, 2.24) is 0 Å². The van der Waals surface area contributed by atoms with Crippen molar-refractivity contribution in [3.63, 3.8) is 0 Å². The summed E-state index contributed by atoms with van der Waals surface area (Å²) in [6.45, 7) is 0.610. The highest BCUT2D eigenvalue weighted by Gasteiger charge is 2.24. The second kappa shape index (κ2) is 8.65. The normalized spacial score (nSPS) is 12.4. The van der Waals surface area contributed by atoms with E-state index >= 15 is 0 Å². The molecule has 3 aromatic rings. The van der Waals surface area contributed by atoms with Gasteiger partial charge in [-0.05, 0) is 89.2 Å². The smallest absolute Gasteiger partial charge is 0.262 e. The average Bonchev–Trinajstić information content (AvgIpc) is 3.17. The largest absolute Gasteiger partial charge is 0.484 e. The highest BCUT2D eigenvalue weighted by molar-refractivity contribution is 14.1. The molecule has 0 aliphatic carbocycles. The number of anilines is 2. The Morgan fingerprint density at radius 2 is 1.69 bits per heavy atom. The van der Waals surface area contributed by atoms with Crippen LogP contribution < -0.4 is 15.0 Å². The monoisotopic (exact) mass is 498 g/mol. The molecular formula is C23H19IN2O3. The summed E-state index contributed by atoms with van der Waals surface area (Å²) in [6, 6.07) is 22.4. The Labute approximate surface area is 182 Å². The molecule has 1 aliphatic rings. The number of carbonyl (C=O) groups excluding carboxylic acids is 2. The number of hydrogen-bond donors (Lipinski definition) is 1. The van der Waals surface area contributed by atoms with Crippen LogP contribution in [0.25, 0.3) is 0 Å². The molecule has 0 aromatic heterocycles. The van der Waals surface area contributed by atoms with E-state index in [1.54, 1.807) is 29.2 Å². The molecule has 29 heavy (non-hydrogen) atoms. The zero-order chi connectivity index (χ0) is 20.2. The Morgan fingerprint density at radius 3 is 2.45 bits per heavy atom. The number of carbonyl (C=O) groups is 2. The highest BCUT2D eigenvalue weighted by Crippen LogP contribution is 2.29. The number of rotatable bonds is 5. The third-order valence-corrected chi connectivity index (χ3v) is 5.45. The van der Waals surface area contributed by atoms with E-state index in [9.17, 15) is 9.59 Å². The summed E-state index contributed by atoms with van der Waals surface area (Å²) in [5.41, 5.74) is 3.38. The first-order valence-corrected chi connectivity index (χ1v) is 10.4. The topological polar surface area (TPSA) is 58.6 Å². The number of nitrogens with zero attached hydrogens (tertiary/aromatic N) is 1. The Kier molecular flexibility index (Phi) is 5.80. The zero-order valence-electron chi connectivity index (χ0n) is 15.6. The number of hydrogen-bond acceptors (Lipinski definition) is 3. The summed E-state index contributed by atoms with van der Waals surface area (Å²) >= 11 is 2.21. The van der Waals surface area contributed by atoms with Gasteiger partial charge in [0.25, 0.3) is 11.8 Å². The fraction of sp³-hybridized carbons (Fsp3) is 0.130. The van der Waals surface area contributed by atoms with Crippen LogP contribution in [0.5, 0.6) is 5.75 Å². The predicted molar refractivity (Wildman–Crippen MR) is 122 cm³/mol. The molecule has 146 valence electrons. The van der Waals surface area contributed by atoms with Gasteiger partial charge < -0.3 is 15.0 Å². The van der Waals surface area contributed by atoms with E-state index in [0.29, 0.717) is 23.5 Å². The van der Waals surface area contributed by atoms with Crippen molar-refractivity contribution < 1.29 is 14.3 Å². The first-order valence-electron chi connectivity index (χ1n) is 9.28. The van der Waals surface area contributed by atoms with E-state index in [1.165, 1.54) is 5.56 Å². The molecule has 0 bridgehead atoms. The Bertz CT molecular complexity index is 1030. The van der Waals surface area contributed by atoms with Gasteiger partial charge in [-0.25, -0.2) is 0 Å². The molecule has 1 heterocycles. The van der Waals surface area contributed by atoms with Gasteiger partial charge >= 0.3 is 0 Å². The molecule has 0 radical (unpaired) electrons. The quantitative estimate of drug-likeness (QED) is 0.527. The van der Waals surface area contributed by atoms with Crippen LogP contribution in [0, 0.1) is 3.57 Å². The van der Waals surface area contributed by atoms with Gasteiger partial charge in [0.05, 0.1) is 0 Å². The van der Waals surface area contributed by atoms with Crippen molar-refractivity contribution >= 4 is 45.8 Å². The van der Waals surface area contributed by atoms with Gasteiger partial charge in [-0.1, -0.05) is 18.2 Å². The lowest BCUT2D eigenvalue weighted by Gasteiger charge is -2.17. The molecule has 6 heteroatoms. The van der Waals surface area contributed by atoms with E-state index in [2.05, 4.69) is 34.0 Å². The minimum Gasteiger partial charge on any atom is -0.484 e. The lowest BCUT2D eigenvalue weighted by atomic mass is 10.1. The summed E-state index contributed by atoms with van der Waals surface area (Å²) < 4.78 is 6.58.